The molecule has 0 aliphatic carbocycles. The van der Waals surface area contributed by atoms with Crippen LogP contribution in [0.15, 0.2) is 91.0 Å². The van der Waals surface area contributed by atoms with Crippen molar-refractivity contribution in [1.82, 2.24) is 0 Å². The van der Waals surface area contributed by atoms with E-state index in [1.807, 2.05) is 97.9 Å². The van der Waals surface area contributed by atoms with Crippen LogP contribution in [0.2, 0.25) is 0 Å². The molecule has 36 heavy (non-hydrogen) atoms. The Morgan fingerprint density at radius 2 is 1.22 bits per heavy atom. The summed E-state index contributed by atoms with van der Waals surface area (Å²) in [7, 11) is 0. The SMILES string of the molecule is CC(=O)O[C@@H]1[C@@H](OCc2ccccc2)O[C@@H](COCc2ccccc2)[C@@H](C)[C@@H]1OCc1ccccc1. The maximum absolute atomic E-state index is 12.1. The summed E-state index contributed by atoms with van der Waals surface area (Å²) in [6, 6.07) is 29.8. The van der Waals surface area contributed by atoms with Crippen LogP contribution in [-0.2, 0) is 48.3 Å². The average molecular weight is 491 g/mol. The number of rotatable bonds is 11. The summed E-state index contributed by atoms with van der Waals surface area (Å²) >= 11 is 0. The van der Waals surface area contributed by atoms with Crippen LogP contribution in [0.5, 0.6) is 0 Å². The number of benzene rings is 3. The molecule has 190 valence electrons. The summed E-state index contributed by atoms with van der Waals surface area (Å²) in [5, 5.41) is 0. The van der Waals surface area contributed by atoms with Crippen LogP contribution in [0.25, 0.3) is 0 Å². The van der Waals surface area contributed by atoms with E-state index in [2.05, 4.69) is 0 Å². The molecule has 6 nitrogen and oxygen atoms in total. The summed E-state index contributed by atoms with van der Waals surface area (Å²) in [4.78, 5) is 12.1. The van der Waals surface area contributed by atoms with Gasteiger partial charge in [0, 0.05) is 12.8 Å². The van der Waals surface area contributed by atoms with Crippen LogP contribution in [0.1, 0.15) is 30.5 Å². The monoisotopic (exact) mass is 490 g/mol. The van der Waals surface area contributed by atoms with Gasteiger partial charge in [0.05, 0.1) is 32.5 Å². The highest BCUT2D eigenvalue weighted by Crippen LogP contribution is 2.32. The van der Waals surface area contributed by atoms with Gasteiger partial charge in [-0.05, 0) is 16.7 Å². The van der Waals surface area contributed by atoms with Crippen molar-refractivity contribution in [2.75, 3.05) is 6.61 Å². The number of esters is 1. The van der Waals surface area contributed by atoms with Gasteiger partial charge in [-0.15, -0.1) is 0 Å². The molecule has 1 aliphatic heterocycles. The zero-order chi connectivity index (χ0) is 25.2. The molecule has 3 aromatic rings. The molecule has 0 radical (unpaired) electrons. The van der Waals surface area contributed by atoms with E-state index in [0.717, 1.165) is 16.7 Å². The lowest BCUT2D eigenvalue weighted by Gasteiger charge is -2.44. The van der Waals surface area contributed by atoms with Gasteiger partial charge in [-0.2, -0.15) is 0 Å². The molecule has 3 aromatic carbocycles. The first-order chi connectivity index (χ1) is 17.6. The van der Waals surface area contributed by atoms with Crippen molar-refractivity contribution in [3.63, 3.8) is 0 Å². The highest BCUT2D eigenvalue weighted by atomic mass is 16.7. The smallest absolute Gasteiger partial charge is 0.303 e. The Kier molecular flexibility index (Phi) is 9.64. The fourth-order valence-electron chi connectivity index (χ4n) is 4.31. The summed E-state index contributed by atoms with van der Waals surface area (Å²) in [5.41, 5.74) is 3.13. The van der Waals surface area contributed by atoms with Gasteiger partial charge in [-0.1, -0.05) is 97.9 Å². The highest BCUT2D eigenvalue weighted by Gasteiger charge is 2.47. The number of carbonyl (C=O) groups excluding carboxylic acids is 1. The molecular formula is C30H34O6. The summed E-state index contributed by atoms with van der Waals surface area (Å²) in [6.07, 6.45) is -2.25. The van der Waals surface area contributed by atoms with Gasteiger partial charge < -0.3 is 23.7 Å². The minimum Gasteiger partial charge on any atom is -0.454 e. The van der Waals surface area contributed by atoms with E-state index in [4.69, 9.17) is 23.7 Å². The maximum atomic E-state index is 12.1. The zero-order valence-corrected chi connectivity index (χ0v) is 20.8. The van der Waals surface area contributed by atoms with Crippen molar-refractivity contribution >= 4 is 5.97 Å². The third-order valence-electron chi connectivity index (χ3n) is 6.24. The third-order valence-corrected chi connectivity index (χ3v) is 6.24. The molecule has 0 amide bonds. The molecule has 1 heterocycles. The number of carbonyl (C=O) groups is 1. The van der Waals surface area contributed by atoms with Crippen molar-refractivity contribution in [3.8, 4) is 0 Å². The Bertz CT molecular complexity index is 1040. The quantitative estimate of drug-likeness (QED) is 0.340. The fraction of sp³-hybridized carbons (Fsp3) is 0.367. The van der Waals surface area contributed by atoms with Gasteiger partial charge in [-0.3, -0.25) is 4.79 Å². The van der Waals surface area contributed by atoms with E-state index in [9.17, 15) is 4.79 Å². The first kappa shape index (κ1) is 26.0. The van der Waals surface area contributed by atoms with Crippen LogP contribution in [0, 0.1) is 5.92 Å². The minimum absolute atomic E-state index is 0.106. The van der Waals surface area contributed by atoms with Crippen LogP contribution in [-0.4, -0.2) is 37.2 Å². The Morgan fingerprint density at radius 3 is 1.75 bits per heavy atom. The molecule has 1 fully saturated rings. The minimum atomic E-state index is -0.795. The van der Waals surface area contributed by atoms with E-state index in [0.29, 0.717) is 26.4 Å². The summed E-state index contributed by atoms with van der Waals surface area (Å²) < 4.78 is 30.7. The Morgan fingerprint density at radius 1 is 0.722 bits per heavy atom. The Hall–Kier alpha value is -3.03. The third kappa shape index (κ3) is 7.48. The molecule has 6 heteroatoms. The van der Waals surface area contributed by atoms with Gasteiger partial charge >= 0.3 is 5.97 Å². The van der Waals surface area contributed by atoms with Crippen LogP contribution in [0.4, 0.5) is 0 Å². The molecule has 0 unspecified atom stereocenters. The first-order valence-electron chi connectivity index (χ1n) is 12.4. The van der Waals surface area contributed by atoms with E-state index in [1.54, 1.807) is 0 Å². The lowest BCUT2D eigenvalue weighted by molar-refractivity contribution is -0.304. The largest absolute Gasteiger partial charge is 0.454 e. The second-order valence-corrected chi connectivity index (χ2v) is 9.03. The molecule has 0 N–H and O–H groups in total. The Balaban J connectivity index is 1.49. The normalized spacial score (nSPS) is 23.8. The van der Waals surface area contributed by atoms with Crippen molar-refractivity contribution in [3.05, 3.63) is 108 Å². The standard InChI is InChI=1S/C30H34O6/c1-22-27(21-32-18-24-12-6-3-7-13-24)36-30(34-20-26-16-10-5-11-17-26)29(35-23(2)31)28(22)33-19-25-14-8-4-9-15-25/h3-17,22,27-30H,18-21H2,1-2H3/t22-,27+,28+,29+,30+/m1/s1. The second kappa shape index (κ2) is 13.3. The van der Waals surface area contributed by atoms with Gasteiger partial charge in [0.1, 0.15) is 6.10 Å². The number of hydrogen-bond donors (Lipinski definition) is 0. The topological polar surface area (TPSA) is 63.2 Å². The molecule has 1 saturated heterocycles. The molecule has 0 saturated carbocycles. The van der Waals surface area contributed by atoms with E-state index < -0.39 is 24.5 Å². The first-order valence-corrected chi connectivity index (χ1v) is 12.4. The molecule has 0 spiro atoms. The van der Waals surface area contributed by atoms with Crippen molar-refractivity contribution < 1.29 is 28.5 Å². The van der Waals surface area contributed by atoms with Gasteiger partial charge in [0.25, 0.3) is 0 Å². The van der Waals surface area contributed by atoms with Gasteiger partial charge in [0.2, 0.25) is 0 Å². The highest BCUT2D eigenvalue weighted by molar-refractivity contribution is 5.66. The second-order valence-electron chi connectivity index (χ2n) is 9.03. The van der Waals surface area contributed by atoms with Crippen molar-refractivity contribution in [2.24, 2.45) is 5.92 Å². The Labute approximate surface area is 213 Å². The lowest BCUT2D eigenvalue weighted by Crippen LogP contribution is -2.57. The number of ether oxygens (including phenoxy) is 5. The zero-order valence-electron chi connectivity index (χ0n) is 20.8. The van der Waals surface area contributed by atoms with E-state index in [-0.39, 0.29) is 12.0 Å². The summed E-state index contributed by atoms with van der Waals surface area (Å²) in [5.74, 6) is -0.512. The average Bonchev–Trinajstić information content (AvgIpc) is 2.90. The summed E-state index contributed by atoms with van der Waals surface area (Å²) in [6.45, 7) is 4.97. The number of hydrogen-bond acceptors (Lipinski definition) is 6. The van der Waals surface area contributed by atoms with E-state index >= 15 is 0 Å². The molecule has 4 rings (SSSR count). The lowest BCUT2D eigenvalue weighted by atomic mass is 9.90. The molecule has 0 bridgehead atoms. The predicted molar refractivity (Wildman–Crippen MR) is 136 cm³/mol. The molecule has 5 atom stereocenters. The van der Waals surface area contributed by atoms with Crippen LogP contribution in [0.3, 0.4) is 0 Å². The maximum Gasteiger partial charge on any atom is 0.303 e. The predicted octanol–water partition coefficient (Wildman–Crippen LogP) is 5.30. The van der Waals surface area contributed by atoms with Crippen LogP contribution >= 0.6 is 0 Å². The molecular weight excluding hydrogens is 456 g/mol. The van der Waals surface area contributed by atoms with Gasteiger partial charge in [0.15, 0.2) is 12.4 Å². The van der Waals surface area contributed by atoms with Crippen molar-refractivity contribution in [1.29, 1.82) is 0 Å². The fourth-order valence-corrected chi connectivity index (χ4v) is 4.31. The molecule has 1 aliphatic rings. The van der Waals surface area contributed by atoms with Gasteiger partial charge in [-0.25, -0.2) is 0 Å². The van der Waals surface area contributed by atoms with Crippen molar-refractivity contribution in [2.45, 2.75) is 58.3 Å². The van der Waals surface area contributed by atoms with E-state index in [1.165, 1.54) is 6.92 Å². The van der Waals surface area contributed by atoms with Crippen LogP contribution < -0.4 is 0 Å². The molecule has 0 aromatic heterocycles.